The van der Waals surface area contributed by atoms with Gasteiger partial charge < -0.3 is 15.3 Å². The number of nitrogens with one attached hydrogen (secondary N) is 1. The second-order valence-corrected chi connectivity index (χ2v) is 4.33. The van der Waals surface area contributed by atoms with E-state index in [0.29, 0.717) is 6.04 Å². The smallest absolute Gasteiger partial charge is 0.123 e. The normalized spacial score (nSPS) is 25.8. The Hall–Kier alpha value is -1.13. The van der Waals surface area contributed by atoms with E-state index < -0.39 is 0 Å². The molecule has 1 heterocycles. The molecular weight excluding hydrogens is 207 g/mol. The molecule has 0 bridgehead atoms. The van der Waals surface area contributed by atoms with Crippen LogP contribution in [-0.4, -0.2) is 36.9 Å². The Morgan fingerprint density at radius 1 is 1.38 bits per heavy atom. The molecule has 0 radical (unpaired) electrons. The maximum Gasteiger partial charge on any atom is 0.123 e. The summed E-state index contributed by atoms with van der Waals surface area (Å²) < 4.78 is 12.8. The third-order valence-electron chi connectivity index (χ3n) is 2.87. The SMILES string of the molecule is CC1CN(c2ccc(F)cc2)CC(CO)N1. The third kappa shape index (κ3) is 2.51. The summed E-state index contributed by atoms with van der Waals surface area (Å²) in [6.45, 7) is 3.84. The van der Waals surface area contributed by atoms with Crippen molar-refractivity contribution < 1.29 is 9.50 Å². The lowest BCUT2D eigenvalue weighted by atomic mass is 10.1. The summed E-state index contributed by atoms with van der Waals surface area (Å²) in [4.78, 5) is 2.17. The lowest BCUT2D eigenvalue weighted by Gasteiger charge is -2.38. The maximum absolute atomic E-state index is 12.8. The van der Waals surface area contributed by atoms with Gasteiger partial charge in [-0.25, -0.2) is 4.39 Å². The van der Waals surface area contributed by atoms with Crippen molar-refractivity contribution in [2.24, 2.45) is 0 Å². The van der Waals surface area contributed by atoms with Gasteiger partial charge in [-0.2, -0.15) is 0 Å². The minimum absolute atomic E-state index is 0.0915. The van der Waals surface area contributed by atoms with Gasteiger partial charge in [-0.3, -0.25) is 0 Å². The van der Waals surface area contributed by atoms with Crippen LogP contribution in [0.25, 0.3) is 0 Å². The van der Waals surface area contributed by atoms with Crippen LogP contribution in [0.5, 0.6) is 0 Å². The highest BCUT2D eigenvalue weighted by atomic mass is 19.1. The summed E-state index contributed by atoms with van der Waals surface area (Å²) in [7, 11) is 0. The lowest BCUT2D eigenvalue weighted by Crippen LogP contribution is -2.56. The van der Waals surface area contributed by atoms with Gasteiger partial charge in [0.25, 0.3) is 0 Å². The van der Waals surface area contributed by atoms with E-state index in [1.54, 1.807) is 12.1 Å². The van der Waals surface area contributed by atoms with Gasteiger partial charge >= 0.3 is 0 Å². The number of aliphatic hydroxyl groups excluding tert-OH is 1. The first-order chi connectivity index (χ1) is 7.69. The van der Waals surface area contributed by atoms with Crippen LogP contribution >= 0.6 is 0 Å². The minimum atomic E-state index is -0.217. The first-order valence-corrected chi connectivity index (χ1v) is 5.56. The van der Waals surface area contributed by atoms with Gasteiger partial charge in [0.05, 0.1) is 6.61 Å². The molecule has 0 saturated carbocycles. The van der Waals surface area contributed by atoms with Gasteiger partial charge in [-0.05, 0) is 31.2 Å². The van der Waals surface area contributed by atoms with Crippen LogP contribution in [-0.2, 0) is 0 Å². The van der Waals surface area contributed by atoms with Gasteiger partial charge in [0, 0.05) is 30.9 Å². The van der Waals surface area contributed by atoms with Crippen molar-refractivity contribution in [3.8, 4) is 0 Å². The first kappa shape index (κ1) is 11.4. The van der Waals surface area contributed by atoms with E-state index in [1.807, 2.05) is 0 Å². The van der Waals surface area contributed by atoms with E-state index in [-0.39, 0.29) is 18.5 Å². The molecule has 2 N–H and O–H groups in total. The van der Waals surface area contributed by atoms with Crippen LogP contribution in [0.15, 0.2) is 24.3 Å². The molecule has 1 saturated heterocycles. The number of rotatable bonds is 2. The zero-order valence-corrected chi connectivity index (χ0v) is 9.36. The number of benzene rings is 1. The van der Waals surface area contributed by atoms with Crippen molar-refractivity contribution in [3.63, 3.8) is 0 Å². The average molecular weight is 224 g/mol. The van der Waals surface area contributed by atoms with Gasteiger partial charge in [0.2, 0.25) is 0 Å². The Morgan fingerprint density at radius 2 is 2.06 bits per heavy atom. The molecule has 0 spiro atoms. The van der Waals surface area contributed by atoms with Crippen LogP contribution in [0.3, 0.4) is 0 Å². The molecule has 0 aliphatic carbocycles. The number of hydrogen-bond donors (Lipinski definition) is 2. The summed E-state index contributed by atoms with van der Waals surface area (Å²) >= 11 is 0. The summed E-state index contributed by atoms with van der Waals surface area (Å²) in [5, 5.41) is 12.5. The van der Waals surface area contributed by atoms with E-state index >= 15 is 0 Å². The number of nitrogens with zero attached hydrogens (tertiary/aromatic N) is 1. The highest BCUT2D eigenvalue weighted by molar-refractivity contribution is 5.47. The van der Waals surface area contributed by atoms with Crippen LogP contribution in [0.4, 0.5) is 10.1 Å². The lowest BCUT2D eigenvalue weighted by molar-refractivity contribution is 0.221. The van der Waals surface area contributed by atoms with Crippen molar-refractivity contribution in [1.29, 1.82) is 0 Å². The quantitative estimate of drug-likeness (QED) is 0.786. The van der Waals surface area contributed by atoms with Crippen molar-refractivity contribution in [3.05, 3.63) is 30.1 Å². The zero-order valence-electron chi connectivity index (χ0n) is 9.36. The topological polar surface area (TPSA) is 35.5 Å². The van der Waals surface area contributed by atoms with E-state index in [9.17, 15) is 4.39 Å². The van der Waals surface area contributed by atoms with Gasteiger partial charge in [0.15, 0.2) is 0 Å². The van der Waals surface area contributed by atoms with Crippen molar-refractivity contribution in [2.75, 3.05) is 24.6 Å². The molecule has 16 heavy (non-hydrogen) atoms. The minimum Gasteiger partial charge on any atom is -0.395 e. The Kier molecular flexibility index (Phi) is 3.41. The van der Waals surface area contributed by atoms with Crippen LogP contribution in [0, 0.1) is 5.82 Å². The third-order valence-corrected chi connectivity index (χ3v) is 2.87. The predicted octanol–water partition coefficient (Wildman–Crippen LogP) is 0.985. The van der Waals surface area contributed by atoms with E-state index in [4.69, 9.17) is 5.11 Å². The van der Waals surface area contributed by atoms with Gasteiger partial charge in [0.1, 0.15) is 5.82 Å². The van der Waals surface area contributed by atoms with E-state index in [2.05, 4.69) is 17.1 Å². The molecule has 1 aromatic rings. The molecule has 2 atom stereocenters. The molecule has 1 fully saturated rings. The molecule has 1 aliphatic heterocycles. The van der Waals surface area contributed by atoms with Crippen LogP contribution in [0.1, 0.15) is 6.92 Å². The van der Waals surface area contributed by atoms with Crippen LogP contribution < -0.4 is 10.2 Å². The molecule has 0 amide bonds. The second-order valence-electron chi connectivity index (χ2n) is 4.33. The maximum atomic E-state index is 12.8. The number of halogens is 1. The Bertz CT molecular complexity index is 341. The van der Waals surface area contributed by atoms with Gasteiger partial charge in [-0.1, -0.05) is 0 Å². The summed E-state index contributed by atoms with van der Waals surface area (Å²) in [6, 6.07) is 6.92. The largest absolute Gasteiger partial charge is 0.395 e. The van der Waals surface area contributed by atoms with Crippen LogP contribution in [0.2, 0.25) is 0 Å². The fraction of sp³-hybridized carbons (Fsp3) is 0.500. The number of piperazine rings is 1. The van der Waals surface area contributed by atoms with Crippen molar-refractivity contribution >= 4 is 5.69 Å². The fourth-order valence-corrected chi connectivity index (χ4v) is 2.15. The van der Waals surface area contributed by atoms with E-state index in [1.165, 1.54) is 12.1 Å². The van der Waals surface area contributed by atoms with Crippen molar-refractivity contribution in [2.45, 2.75) is 19.0 Å². The molecule has 3 nitrogen and oxygen atoms in total. The highest BCUT2D eigenvalue weighted by Crippen LogP contribution is 2.17. The Labute approximate surface area is 94.9 Å². The molecule has 2 unspecified atom stereocenters. The molecule has 1 aliphatic rings. The molecule has 0 aromatic heterocycles. The molecule has 88 valence electrons. The molecular formula is C12H17FN2O. The molecule has 2 rings (SSSR count). The number of aliphatic hydroxyl groups is 1. The molecule has 1 aromatic carbocycles. The van der Waals surface area contributed by atoms with Crippen molar-refractivity contribution in [1.82, 2.24) is 5.32 Å². The Morgan fingerprint density at radius 3 is 2.69 bits per heavy atom. The number of hydrogen-bond acceptors (Lipinski definition) is 3. The van der Waals surface area contributed by atoms with E-state index in [0.717, 1.165) is 18.8 Å². The average Bonchev–Trinajstić information content (AvgIpc) is 2.29. The standard InChI is InChI=1S/C12H17FN2O/c1-9-6-15(7-11(8-16)14-9)12-4-2-10(13)3-5-12/h2-5,9,11,14,16H,6-8H2,1H3. The summed E-state index contributed by atoms with van der Waals surface area (Å²) in [5.74, 6) is -0.217. The Balaban J connectivity index is 2.11. The first-order valence-electron chi connectivity index (χ1n) is 5.56. The predicted molar refractivity (Wildman–Crippen MR) is 62.1 cm³/mol. The van der Waals surface area contributed by atoms with Gasteiger partial charge in [-0.15, -0.1) is 0 Å². The zero-order chi connectivity index (χ0) is 11.5. The molecule has 4 heteroatoms. The second kappa shape index (κ2) is 4.80. The monoisotopic (exact) mass is 224 g/mol. The highest BCUT2D eigenvalue weighted by Gasteiger charge is 2.23. The summed E-state index contributed by atoms with van der Waals surface area (Å²) in [6.07, 6.45) is 0. The number of anilines is 1. The summed E-state index contributed by atoms with van der Waals surface area (Å²) in [5.41, 5.74) is 1.01. The fourth-order valence-electron chi connectivity index (χ4n) is 2.15.